The van der Waals surface area contributed by atoms with Crippen LogP contribution in [-0.2, 0) is 4.79 Å². The van der Waals surface area contributed by atoms with E-state index in [2.05, 4.69) is 39.1 Å². The maximum absolute atomic E-state index is 16.4. The molecule has 8 nitrogen and oxygen atoms in total. The Kier molecular flexibility index (Phi) is 7.42. The Bertz CT molecular complexity index is 1550. The molecule has 1 aliphatic heterocycles. The van der Waals surface area contributed by atoms with Crippen LogP contribution in [0.3, 0.4) is 0 Å². The maximum Gasteiger partial charge on any atom is 0.243 e. The minimum atomic E-state index is -0.647. The lowest BCUT2D eigenvalue weighted by Crippen LogP contribution is -2.30. The third kappa shape index (κ3) is 5.01. The van der Waals surface area contributed by atoms with E-state index in [1.54, 1.807) is 6.07 Å². The summed E-state index contributed by atoms with van der Waals surface area (Å²) >= 11 is 7.63. The summed E-state index contributed by atoms with van der Waals surface area (Å²) in [6.07, 6.45) is 2.88. The summed E-state index contributed by atoms with van der Waals surface area (Å²) in [5.41, 5.74) is 6.60. The zero-order chi connectivity index (χ0) is 27.0. The SMILES string of the molecule is C=CC(=O)NCCNc1nc(C2CCN(C)CC2)nc2c(F)c(-c3ccc(F)c4sc(N)nc34)c(Cl)cc12. The van der Waals surface area contributed by atoms with Gasteiger partial charge in [-0.2, -0.15) is 0 Å². The molecule has 0 radical (unpaired) electrons. The molecule has 198 valence electrons. The van der Waals surface area contributed by atoms with Crippen molar-refractivity contribution in [2.75, 3.05) is 44.3 Å². The van der Waals surface area contributed by atoms with Crippen molar-refractivity contribution in [2.45, 2.75) is 18.8 Å². The van der Waals surface area contributed by atoms with Gasteiger partial charge in [-0.15, -0.1) is 0 Å². The van der Waals surface area contributed by atoms with E-state index in [1.807, 2.05) is 0 Å². The summed E-state index contributed by atoms with van der Waals surface area (Å²) in [4.78, 5) is 27.4. The molecular weight excluding hydrogens is 532 g/mol. The highest BCUT2D eigenvalue weighted by molar-refractivity contribution is 7.22. The molecule has 5 rings (SSSR count). The van der Waals surface area contributed by atoms with E-state index in [9.17, 15) is 9.18 Å². The number of likely N-dealkylation sites (tertiary alicyclic amines) is 1. The highest BCUT2D eigenvalue weighted by Gasteiger charge is 2.26. The Morgan fingerprint density at radius 2 is 2.00 bits per heavy atom. The first-order valence-electron chi connectivity index (χ1n) is 12.1. The number of nitrogen functional groups attached to an aromatic ring is 1. The van der Waals surface area contributed by atoms with Gasteiger partial charge in [0.05, 0.1) is 15.2 Å². The molecule has 12 heteroatoms. The maximum atomic E-state index is 16.4. The molecule has 4 aromatic rings. The predicted octanol–water partition coefficient (Wildman–Crippen LogP) is 4.94. The Balaban J connectivity index is 1.64. The van der Waals surface area contributed by atoms with Crippen LogP contribution in [0.15, 0.2) is 30.9 Å². The summed E-state index contributed by atoms with van der Waals surface area (Å²) in [6.45, 7) is 5.87. The minimum absolute atomic E-state index is 0.0611. The largest absolute Gasteiger partial charge is 0.375 e. The van der Waals surface area contributed by atoms with Gasteiger partial charge in [0.1, 0.15) is 23.0 Å². The van der Waals surface area contributed by atoms with Crippen LogP contribution in [0.2, 0.25) is 5.02 Å². The van der Waals surface area contributed by atoms with Crippen molar-refractivity contribution in [1.29, 1.82) is 0 Å². The molecule has 4 N–H and O–H groups in total. The molecule has 38 heavy (non-hydrogen) atoms. The first kappa shape index (κ1) is 26.2. The number of fused-ring (bicyclic) bond motifs is 2. The monoisotopic (exact) mass is 557 g/mol. The van der Waals surface area contributed by atoms with Crippen molar-refractivity contribution >= 4 is 60.9 Å². The lowest BCUT2D eigenvalue weighted by Gasteiger charge is -2.28. The third-order valence-electron chi connectivity index (χ3n) is 6.67. The number of thiazole rings is 1. The van der Waals surface area contributed by atoms with Gasteiger partial charge in [0.15, 0.2) is 10.9 Å². The van der Waals surface area contributed by atoms with Gasteiger partial charge in [0.2, 0.25) is 5.91 Å². The van der Waals surface area contributed by atoms with Gasteiger partial charge in [-0.3, -0.25) is 4.79 Å². The van der Waals surface area contributed by atoms with Gasteiger partial charge < -0.3 is 21.3 Å². The van der Waals surface area contributed by atoms with Gasteiger partial charge in [-0.25, -0.2) is 23.7 Å². The van der Waals surface area contributed by atoms with E-state index in [1.165, 1.54) is 18.2 Å². The normalized spacial score (nSPS) is 14.7. The zero-order valence-electron chi connectivity index (χ0n) is 20.7. The molecule has 0 saturated carbocycles. The molecule has 2 aromatic carbocycles. The minimum Gasteiger partial charge on any atom is -0.375 e. The number of nitrogens with two attached hydrogens (primary N) is 1. The second-order valence-electron chi connectivity index (χ2n) is 9.20. The van der Waals surface area contributed by atoms with E-state index in [0.717, 1.165) is 37.3 Å². The number of hydrogen-bond acceptors (Lipinski definition) is 8. The van der Waals surface area contributed by atoms with Crippen LogP contribution in [0.5, 0.6) is 0 Å². The molecule has 1 fully saturated rings. The first-order chi connectivity index (χ1) is 18.3. The van der Waals surface area contributed by atoms with E-state index >= 15 is 4.39 Å². The number of halogens is 3. The van der Waals surface area contributed by atoms with E-state index in [4.69, 9.17) is 22.3 Å². The quantitative estimate of drug-likeness (QED) is 0.218. The van der Waals surface area contributed by atoms with Crippen molar-refractivity contribution < 1.29 is 13.6 Å². The highest BCUT2D eigenvalue weighted by Crippen LogP contribution is 2.42. The van der Waals surface area contributed by atoms with Crippen LogP contribution in [0.4, 0.5) is 19.7 Å². The smallest absolute Gasteiger partial charge is 0.243 e. The topological polar surface area (TPSA) is 109 Å². The number of nitrogens with zero attached hydrogens (tertiary/aromatic N) is 4. The van der Waals surface area contributed by atoms with Crippen LogP contribution < -0.4 is 16.4 Å². The fraction of sp³-hybridized carbons (Fsp3) is 0.308. The Morgan fingerprint density at radius 1 is 1.24 bits per heavy atom. The third-order valence-corrected chi connectivity index (χ3v) is 7.86. The van der Waals surface area contributed by atoms with Crippen molar-refractivity contribution in [3.05, 3.63) is 53.3 Å². The number of rotatable bonds is 7. The number of nitrogens with one attached hydrogen (secondary N) is 2. The lowest BCUT2D eigenvalue weighted by atomic mass is 9.95. The molecule has 1 aliphatic rings. The summed E-state index contributed by atoms with van der Waals surface area (Å²) in [5.74, 6) is -0.406. The molecule has 2 aromatic heterocycles. The molecule has 0 aliphatic carbocycles. The fourth-order valence-corrected chi connectivity index (χ4v) is 5.73. The van der Waals surface area contributed by atoms with Crippen LogP contribution in [0.25, 0.3) is 32.2 Å². The summed E-state index contributed by atoms with van der Waals surface area (Å²) in [6, 6.07) is 4.31. The van der Waals surface area contributed by atoms with Crippen molar-refractivity contribution in [3.8, 4) is 11.1 Å². The number of amides is 1. The van der Waals surface area contributed by atoms with Crippen LogP contribution in [-0.4, -0.2) is 59.0 Å². The average molecular weight is 558 g/mol. The summed E-state index contributed by atoms with van der Waals surface area (Å²) in [5, 5.41) is 6.57. The number of carbonyl (C=O) groups is 1. The number of anilines is 2. The average Bonchev–Trinajstić information content (AvgIpc) is 3.30. The van der Waals surface area contributed by atoms with Gasteiger partial charge in [-0.1, -0.05) is 29.5 Å². The van der Waals surface area contributed by atoms with Crippen molar-refractivity contribution in [1.82, 2.24) is 25.2 Å². The summed E-state index contributed by atoms with van der Waals surface area (Å²) in [7, 11) is 2.06. The van der Waals surface area contributed by atoms with Gasteiger partial charge in [0, 0.05) is 35.5 Å². The Labute approximate surface area is 226 Å². The van der Waals surface area contributed by atoms with E-state index in [0.29, 0.717) is 35.7 Å². The van der Waals surface area contributed by atoms with E-state index < -0.39 is 11.6 Å². The molecule has 0 bridgehead atoms. The Morgan fingerprint density at radius 3 is 2.74 bits per heavy atom. The molecular formula is C26H26ClF2N7OS. The zero-order valence-corrected chi connectivity index (χ0v) is 22.2. The second kappa shape index (κ2) is 10.8. The summed E-state index contributed by atoms with van der Waals surface area (Å²) < 4.78 is 31.0. The number of hydrogen-bond donors (Lipinski definition) is 3. The number of aromatic nitrogens is 3. The van der Waals surface area contributed by atoms with Gasteiger partial charge in [0.25, 0.3) is 0 Å². The fourth-order valence-electron chi connectivity index (χ4n) is 4.68. The molecule has 0 unspecified atom stereocenters. The molecule has 0 spiro atoms. The van der Waals surface area contributed by atoms with Crippen LogP contribution >= 0.6 is 22.9 Å². The molecule has 3 heterocycles. The highest BCUT2D eigenvalue weighted by atomic mass is 35.5. The molecule has 0 atom stereocenters. The Hall–Kier alpha value is -3.41. The standard InChI is InChI=1S/C26H26ClF2N7OS/c1-3-18(37)31-8-9-32-25-15-12-16(27)19(14-4-5-17(28)23-22(14)34-26(30)38-23)20(29)21(15)33-24(35-25)13-6-10-36(2)11-7-13/h3-5,12-13H,1,6-11H2,2H3,(H2,30,34)(H,31,37)(H,32,33,35). The van der Waals surface area contributed by atoms with Gasteiger partial charge >= 0.3 is 0 Å². The number of piperidine rings is 1. The molecule has 1 saturated heterocycles. The first-order valence-corrected chi connectivity index (χ1v) is 13.3. The number of benzene rings is 2. The van der Waals surface area contributed by atoms with E-state index in [-0.39, 0.29) is 43.3 Å². The second-order valence-corrected chi connectivity index (χ2v) is 10.6. The molecule has 1 amide bonds. The van der Waals surface area contributed by atoms with Crippen molar-refractivity contribution in [3.63, 3.8) is 0 Å². The van der Waals surface area contributed by atoms with Crippen molar-refractivity contribution in [2.24, 2.45) is 0 Å². The predicted molar refractivity (Wildman–Crippen MR) is 149 cm³/mol. The lowest BCUT2D eigenvalue weighted by molar-refractivity contribution is -0.116. The van der Waals surface area contributed by atoms with Gasteiger partial charge in [-0.05, 0) is 57.3 Å². The van der Waals surface area contributed by atoms with Crippen LogP contribution in [0, 0.1) is 11.6 Å². The van der Waals surface area contributed by atoms with Crippen LogP contribution in [0.1, 0.15) is 24.6 Å². The number of carbonyl (C=O) groups excluding carboxylic acids is 1.